The van der Waals surface area contributed by atoms with Gasteiger partial charge in [0.25, 0.3) is 0 Å². The number of aliphatic hydroxyl groups is 1. The number of alkyl halides is 1. The van der Waals surface area contributed by atoms with Gasteiger partial charge in [0.05, 0.1) is 11.7 Å². The predicted molar refractivity (Wildman–Crippen MR) is 62.3 cm³/mol. The highest BCUT2D eigenvalue weighted by atomic mass is 127. The topological polar surface area (TPSA) is 29.5 Å². The van der Waals surface area contributed by atoms with Crippen LogP contribution >= 0.6 is 22.6 Å². The van der Waals surface area contributed by atoms with Gasteiger partial charge in [-0.05, 0) is 12.8 Å². The van der Waals surface area contributed by atoms with Crippen molar-refractivity contribution in [1.82, 2.24) is 0 Å². The molecule has 1 atom stereocenters. The first-order valence-corrected chi connectivity index (χ1v) is 6.54. The Morgan fingerprint density at radius 1 is 1.38 bits per heavy atom. The van der Waals surface area contributed by atoms with Crippen LogP contribution in [0.3, 0.4) is 0 Å². The van der Waals surface area contributed by atoms with Crippen LogP contribution in [-0.2, 0) is 4.74 Å². The van der Waals surface area contributed by atoms with Crippen LogP contribution in [0.15, 0.2) is 0 Å². The minimum absolute atomic E-state index is 0.226. The Morgan fingerprint density at radius 2 is 2.00 bits per heavy atom. The zero-order valence-electron chi connectivity index (χ0n) is 8.26. The quantitative estimate of drug-likeness (QED) is 0.638. The van der Waals surface area contributed by atoms with Crippen molar-refractivity contribution in [3.8, 4) is 0 Å². The second-order valence-corrected chi connectivity index (χ2v) is 4.88. The van der Waals surface area contributed by atoms with Crippen LogP contribution in [0, 0.1) is 0 Å². The summed E-state index contributed by atoms with van der Waals surface area (Å²) in [5, 5.41) is 10.2. The summed E-state index contributed by atoms with van der Waals surface area (Å²) < 4.78 is 6.27. The lowest BCUT2D eigenvalue weighted by Crippen LogP contribution is -2.36. The van der Waals surface area contributed by atoms with Crippen LogP contribution < -0.4 is 0 Å². The van der Waals surface area contributed by atoms with E-state index in [1.807, 2.05) is 0 Å². The van der Waals surface area contributed by atoms with Crippen LogP contribution in [0.25, 0.3) is 0 Å². The maximum absolute atomic E-state index is 10.2. The Balaban J connectivity index is 2.39. The minimum atomic E-state index is -0.426. The molecule has 2 nitrogen and oxygen atoms in total. The number of ether oxygens (including phenoxy) is 1. The smallest absolute Gasteiger partial charge is 0.0688 e. The number of halogens is 1. The first-order chi connectivity index (χ1) is 6.20. The van der Waals surface area contributed by atoms with Gasteiger partial charge in [0.15, 0.2) is 0 Å². The molecule has 0 aromatic rings. The normalized spacial score (nSPS) is 24.2. The number of methoxy groups -OCH3 is 1. The summed E-state index contributed by atoms with van der Waals surface area (Å²) in [5.41, 5.74) is -0.426. The third-order valence-corrected chi connectivity index (χ3v) is 3.88. The van der Waals surface area contributed by atoms with Crippen LogP contribution in [0.1, 0.15) is 38.5 Å². The fourth-order valence-corrected chi connectivity index (χ4v) is 2.71. The minimum Gasteiger partial charge on any atom is -0.390 e. The third kappa shape index (κ3) is 3.72. The van der Waals surface area contributed by atoms with Crippen molar-refractivity contribution in [1.29, 1.82) is 0 Å². The van der Waals surface area contributed by atoms with E-state index < -0.39 is 5.60 Å². The van der Waals surface area contributed by atoms with Crippen LogP contribution in [-0.4, -0.2) is 28.3 Å². The van der Waals surface area contributed by atoms with Crippen molar-refractivity contribution < 1.29 is 9.84 Å². The Labute approximate surface area is 94.2 Å². The summed E-state index contributed by atoms with van der Waals surface area (Å²) >= 11 is 2.32. The molecule has 0 heterocycles. The Morgan fingerprint density at radius 3 is 2.46 bits per heavy atom. The fraction of sp³-hybridized carbons (Fsp3) is 1.00. The summed E-state index contributed by atoms with van der Waals surface area (Å²) in [6, 6.07) is 0. The standard InChI is InChI=1S/C10H19IO2/c1-13-9(8-11)7-10(12)5-3-2-4-6-10/h9,12H,2-8H2,1H3. The van der Waals surface area contributed by atoms with Gasteiger partial charge < -0.3 is 9.84 Å². The van der Waals surface area contributed by atoms with Crippen LogP contribution in [0.5, 0.6) is 0 Å². The lowest BCUT2D eigenvalue weighted by atomic mass is 9.81. The van der Waals surface area contributed by atoms with Gasteiger partial charge in [-0.2, -0.15) is 0 Å². The zero-order chi connectivity index (χ0) is 9.73. The highest BCUT2D eigenvalue weighted by molar-refractivity contribution is 14.1. The highest BCUT2D eigenvalue weighted by Crippen LogP contribution is 2.32. The molecule has 13 heavy (non-hydrogen) atoms. The maximum atomic E-state index is 10.2. The lowest BCUT2D eigenvalue weighted by molar-refractivity contribution is -0.0413. The van der Waals surface area contributed by atoms with Crippen molar-refractivity contribution in [2.24, 2.45) is 0 Å². The van der Waals surface area contributed by atoms with E-state index in [-0.39, 0.29) is 6.10 Å². The first-order valence-electron chi connectivity index (χ1n) is 5.01. The molecule has 3 heteroatoms. The van der Waals surface area contributed by atoms with Crippen LogP contribution in [0.4, 0.5) is 0 Å². The molecule has 0 aromatic carbocycles. The summed E-state index contributed by atoms with van der Waals surface area (Å²) in [6.45, 7) is 0. The average molecular weight is 298 g/mol. The number of hydrogen-bond acceptors (Lipinski definition) is 2. The van der Waals surface area contributed by atoms with Crippen molar-refractivity contribution in [2.75, 3.05) is 11.5 Å². The van der Waals surface area contributed by atoms with E-state index >= 15 is 0 Å². The lowest BCUT2D eigenvalue weighted by Gasteiger charge is -2.34. The fourth-order valence-electron chi connectivity index (χ4n) is 2.04. The molecule has 1 aliphatic rings. The molecule has 1 saturated carbocycles. The van der Waals surface area contributed by atoms with Crippen molar-refractivity contribution >= 4 is 22.6 Å². The number of hydrogen-bond donors (Lipinski definition) is 1. The molecule has 0 radical (unpaired) electrons. The van der Waals surface area contributed by atoms with Gasteiger partial charge in [0.2, 0.25) is 0 Å². The monoisotopic (exact) mass is 298 g/mol. The van der Waals surface area contributed by atoms with E-state index in [1.54, 1.807) is 7.11 Å². The molecule has 0 aromatic heterocycles. The average Bonchev–Trinajstić information content (AvgIpc) is 2.15. The molecule has 0 aliphatic heterocycles. The second kappa shape index (κ2) is 5.51. The summed E-state index contributed by atoms with van der Waals surface area (Å²) in [7, 11) is 1.73. The maximum Gasteiger partial charge on any atom is 0.0688 e. The van der Waals surface area contributed by atoms with E-state index in [0.717, 1.165) is 23.7 Å². The second-order valence-electron chi connectivity index (χ2n) is 4.00. The van der Waals surface area contributed by atoms with Gasteiger partial charge in [-0.1, -0.05) is 41.9 Å². The van der Waals surface area contributed by atoms with E-state index in [9.17, 15) is 5.11 Å². The van der Waals surface area contributed by atoms with E-state index in [0.29, 0.717) is 0 Å². The highest BCUT2D eigenvalue weighted by Gasteiger charge is 2.31. The van der Waals surface area contributed by atoms with Gasteiger partial charge in [0, 0.05) is 18.0 Å². The van der Waals surface area contributed by atoms with Crippen LogP contribution in [0.2, 0.25) is 0 Å². The third-order valence-electron chi connectivity index (χ3n) is 2.90. The van der Waals surface area contributed by atoms with Gasteiger partial charge in [-0.3, -0.25) is 0 Å². The van der Waals surface area contributed by atoms with Crippen molar-refractivity contribution in [2.45, 2.75) is 50.2 Å². The molecule has 0 saturated heterocycles. The molecule has 0 spiro atoms. The number of rotatable bonds is 4. The zero-order valence-corrected chi connectivity index (χ0v) is 10.4. The Kier molecular flexibility index (Phi) is 4.97. The van der Waals surface area contributed by atoms with E-state index in [4.69, 9.17) is 4.74 Å². The Hall–Kier alpha value is 0.650. The molecule has 78 valence electrons. The van der Waals surface area contributed by atoms with Gasteiger partial charge >= 0.3 is 0 Å². The largest absolute Gasteiger partial charge is 0.390 e. The molecule has 1 N–H and O–H groups in total. The molecule has 1 rings (SSSR count). The van der Waals surface area contributed by atoms with Gasteiger partial charge in [-0.15, -0.1) is 0 Å². The molecule has 0 bridgehead atoms. The van der Waals surface area contributed by atoms with Crippen molar-refractivity contribution in [3.63, 3.8) is 0 Å². The van der Waals surface area contributed by atoms with Crippen molar-refractivity contribution in [3.05, 3.63) is 0 Å². The van der Waals surface area contributed by atoms with E-state index in [1.165, 1.54) is 19.3 Å². The molecular weight excluding hydrogens is 279 g/mol. The molecular formula is C10H19IO2. The first kappa shape index (κ1) is 11.7. The summed E-state index contributed by atoms with van der Waals surface area (Å²) in [4.78, 5) is 0. The Bertz CT molecular complexity index is 140. The molecule has 1 aliphatic carbocycles. The van der Waals surface area contributed by atoms with Gasteiger partial charge in [-0.25, -0.2) is 0 Å². The van der Waals surface area contributed by atoms with Gasteiger partial charge in [0.1, 0.15) is 0 Å². The SMILES string of the molecule is COC(CI)CC1(O)CCCCC1. The summed E-state index contributed by atoms with van der Waals surface area (Å²) in [6.07, 6.45) is 6.59. The van der Waals surface area contributed by atoms with E-state index in [2.05, 4.69) is 22.6 Å². The predicted octanol–water partition coefficient (Wildman–Crippen LogP) is 2.52. The molecule has 1 unspecified atom stereocenters. The molecule has 0 amide bonds. The summed E-state index contributed by atoms with van der Waals surface area (Å²) in [5.74, 6) is 0. The molecule has 1 fully saturated rings.